The lowest BCUT2D eigenvalue weighted by molar-refractivity contribution is -0.169. The highest BCUT2D eigenvalue weighted by atomic mass is 16.7. The molecule has 4 rings (SSSR count). The molecule has 1 aliphatic heterocycles. The average Bonchev–Trinajstić information content (AvgIpc) is 3.36. The minimum Gasteiger partial charge on any atom is -0.459 e. The molecule has 1 fully saturated rings. The van der Waals surface area contributed by atoms with E-state index in [0.717, 1.165) is 0 Å². The molecule has 218 valence electrons. The summed E-state index contributed by atoms with van der Waals surface area (Å²) in [6.45, 7) is 8.44. The van der Waals surface area contributed by atoms with E-state index in [1.807, 2.05) is 0 Å². The lowest BCUT2D eigenvalue weighted by Crippen LogP contribution is -2.48. The number of esters is 3. The maximum absolute atomic E-state index is 12.9. The molecule has 0 bridgehead atoms. The number of nitrogens with one attached hydrogen (secondary N) is 2. The highest BCUT2D eigenvalue weighted by molar-refractivity contribution is 5.91. The summed E-state index contributed by atoms with van der Waals surface area (Å²) >= 11 is 0. The number of hydrogen-bond acceptors (Lipinski definition) is 11. The van der Waals surface area contributed by atoms with Gasteiger partial charge in [-0.15, -0.1) is 0 Å². The van der Waals surface area contributed by atoms with Gasteiger partial charge in [-0.05, 0) is 26.0 Å². The second-order valence-electron chi connectivity index (χ2n) is 10.1. The third-order valence-corrected chi connectivity index (χ3v) is 6.41. The summed E-state index contributed by atoms with van der Waals surface area (Å²) in [7, 11) is 0. The van der Waals surface area contributed by atoms with Gasteiger partial charge in [-0.2, -0.15) is 4.98 Å². The number of imidazole rings is 1. The summed E-state index contributed by atoms with van der Waals surface area (Å²) in [5.74, 6) is -2.69. The van der Waals surface area contributed by atoms with E-state index in [-0.39, 0.29) is 35.5 Å². The lowest BCUT2D eigenvalue weighted by atomic mass is 9.97. The molecule has 0 saturated carbocycles. The first-order valence-corrected chi connectivity index (χ1v) is 12.8. The highest BCUT2D eigenvalue weighted by Gasteiger charge is 2.58. The number of nitrogens with zero attached hydrogens (tertiary/aromatic N) is 3. The molecule has 1 aromatic carbocycles. The van der Waals surface area contributed by atoms with E-state index in [4.69, 9.17) is 18.9 Å². The number of rotatable bonds is 8. The first-order valence-electron chi connectivity index (χ1n) is 12.8. The van der Waals surface area contributed by atoms with Crippen LogP contribution in [0.25, 0.3) is 11.2 Å². The van der Waals surface area contributed by atoms with E-state index >= 15 is 0 Å². The van der Waals surface area contributed by atoms with Crippen LogP contribution in [-0.2, 0) is 33.3 Å². The van der Waals surface area contributed by atoms with Gasteiger partial charge in [0.2, 0.25) is 11.9 Å². The number of carbonyl (C=O) groups is 4. The van der Waals surface area contributed by atoms with E-state index in [1.165, 1.54) is 18.4 Å². The SMILES string of the molecule is CC(=O)O[C@H]1[C@H](n2c(C)nc3c(=O)[nH]c(NC(=O)C(C)C)nc32)O[C@](C)(COC(=O)c2ccccc2)[C@H]1OC(C)=O. The molecule has 3 aromatic rings. The Morgan fingerprint density at radius 3 is 2.37 bits per heavy atom. The number of amides is 1. The molecule has 1 amide bonds. The summed E-state index contributed by atoms with van der Waals surface area (Å²) in [4.78, 5) is 73.4. The second-order valence-corrected chi connectivity index (χ2v) is 10.1. The largest absolute Gasteiger partial charge is 0.459 e. The van der Waals surface area contributed by atoms with Crippen molar-refractivity contribution in [1.29, 1.82) is 0 Å². The highest BCUT2D eigenvalue weighted by Crippen LogP contribution is 2.42. The number of aromatic nitrogens is 4. The van der Waals surface area contributed by atoms with E-state index in [9.17, 15) is 24.0 Å². The number of aryl methyl sites for hydroxylation is 1. The van der Waals surface area contributed by atoms with Gasteiger partial charge in [-0.3, -0.25) is 34.0 Å². The molecule has 0 aliphatic carbocycles. The Kier molecular flexibility index (Phi) is 8.24. The van der Waals surface area contributed by atoms with Gasteiger partial charge >= 0.3 is 17.9 Å². The number of hydrogen-bond donors (Lipinski definition) is 2. The molecule has 0 radical (unpaired) electrons. The van der Waals surface area contributed by atoms with Crippen molar-refractivity contribution in [3.8, 4) is 0 Å². The number of H-pyrrole nitrogens is 1. The molecule has 14 heteroatoms. The molecule has 1 saturated heterocycles. The van der Waals surface area contributed by atoms with E-state index in [0.29, 0.717) is 5.56 Å². The lowest BCUT2D eigenvalue weighted by Gasteiger charge is -2.30. The van der Waals surface area contributed by atoms with Gasteiger partial charge in [0.25, 0.3) is 5.56 Å². The quantitative estimate of drug-likeness (QED) is 0.299. The van der Waals surface area contributed by atoms with Crippen LogP contribution in [0.3, 0.4) is 0 Å². The Labute approximate surface area is 234 Å². The molecule has 4 atom stereocenters. The summed E-state index contributed by atoms with van der Waals surface area (Å²) < 4.78 is 24.5. The van der Waals surface area contributed by atoms with Crippen LogP contribution in [-0.4, -0.2) is 67.7 Å². The zero-order chi connectivity index (χ0) is 30.1. The molecule has 41 heavy (non-hydrogen) atoms. The van der Waals surface area contributed by atoms with Crippen molar-refractivity contribution in [3.63, 3.8) is 0 Å². The van der Waals surface area contributed by atoms with Crippen LogP contribution in [0.5, 0.6) is 0 Å². The average molecular weight is 570 g/mol. The van der Waals surface area contributed by atoms with Crippen molar-refractivity contribution in [2.24, 2.45) is 5.92 Å². The smallest absolute Gasteiger partial charge is 0.338 e. The Bertz CT molecular complexity index is 1550. The second kappa shape index (κ2) is 11.5. The first kappa shape index (κ1) is 29.4. The number of anilines is 1. The predicted molar refractivity (Wildman–Crippen MR) is 143 cm³/mol. The molecule has 2 N–H and O–H groups in total. The van der Waals surface area contributed by atoms with Crippen molar-refractivity contribution >= 4 is 40.9 Å². The first-order chi connectivity index (χ1) is 19.3. The number of carbonyl (C=O) groups excluding carboxylic acids is 4. The van der Waals surface area contributed by atoms with Crippen LogP contribution in [0.4, 0.5) is 5.95 Å². The molecule has 2 aromatic heterocycles. The fraction of sp³-hybridized carbons (Fsp3) is 0.444. The van der Waals surface area contributed by atoms with Crippen molar-refractivity contribution in [3.05, 3.63) is 52.1 Å². The monoisotopic (exact) mass is 569 g/mol. The van der Waals surface area contributed by atoms with Gasteiger partial charge < -0.3 is 18.9 Å². The third-order valence-electron chi connectivity index (χ3n) is 6.41. The number of aromatic amines is 1. The maximum Gasteiger partial charge on any atom is 0.338 e. The summed E-state index contributed by atoms with van der Waals surface area (Å²) in [6, 6.07) is 8.26. The number of ether oxygens (including phenoxy) is 4. The maximum atomic E-state index is 12.9. The summed E-state index contributed by atoms with van der Waals surface area (Å²) in [5, 5.41) is 2.54. The van der Waals surface area contributed by atoms with Gasteiger partial charge in [0.15, 0.2) is 29.6 Å². The van der Waals surface area contributed by atoms with Gasteiger partial charge in [-0.1, -0.05) is 32.0 Å². The third kappa shape index (κ3) is 6.11. The van der Waals surface area contributed by atoms with Crippen LogP contribution in [0.1, 0.15) is 57.0 Å². The Morgan fingerprint density at radius 2 is 1.76 bits per heavy atom. The van der Waals surface area contributed by atoms with E-state index in [2.05, 4.69) is 20.3 Å². The molecule has 14 nitrogen and oxygen atoms in total. The Morgan fingerprint density at radius 1 is 1.10 bits per heavy atom. The molecular formula is C27H31N5O9. The van der Waals surface area contributed by atoms with Gasteiger partial charge in [0, 0.05) is 19.8 Å². The van der Waals surface area contributed by atoms with Crippen LogP contribution in [0.2, 0.25) is 0 Å². The fourth-order valence-corrected chi connectivity index (χ4v) is 4.49. The van der Waals surface area contributed by atoms with Crippen molar-refractivity contribution in [2.45, 2.75) is 65.6 Å². The minimum atomic E-state index is -1.51. The zero-order valence-electron chi connectivity index (χ0n) is 23.4. The van der Waals surface area contributed by atoms with Crippen LogP contribution < -0.4 is 10.9 Å². The van der Waals surface area contributed by atoms with Crippen LogP contribution in [0, 0.1) is 12.8 Å². The minimum absolute atomic E-state index is 0.0135. The van der Waals surface area contributed by atoms with E-state index in [1.54, 1.807) is 58.0 Å². The summed E-state index contributed by atoms with van der Waals surface area (Å²) in [5.41, 5.74) is -1.90. The molecule has 0 unspecified atom stereocenters. The van der Waals surface area contributed by atoms with Crippen molar-refractivity contribution in [2.75, 3.05) is 11.9 Å². The van der Waals surface area contributed by atoms with E-state index < -0.39 is 53.4 Å². The standard InChI is InChI=1S/C27H31N5O9/c1-13(2)22(35)30-26-29-21-18(23(36)31-26)28-14(3)32(21)24-19(39-15(4)33)20(40-16(5)34)27(6,41-24)12-38-25(37)17-10-8-7-9-11-17/h7-11,13,19-20,24H,12H2,1-6H3,(H2,29,30,31,35,36)/t19-,20+,24-,27-/m1/s1. The number of fused-ring (bicyclic) bond motifs is 1. The Hall–Kier alpha value is -4.59. The molecule has 0 spiro atoms. The van der Waals surface area contributed by atoms with Crippen molar-refractivity contribution < 1.29 is 38.1 Å². The summed E-state index contributed by atoms with van der Waals surface area (Å²) in [6.07, 6.45) is -3.73. The fourth-order valence-electron chi connectivity index (χ4n) is 4.49. The Balaban J connectivity index is 1.78. The van der Waals surface area contributed by atoms with Crippen LogP contribution >= 0.6 is 0 Å². The normalized spacial score (nSPS) is 22.0. The number of benzene rings is 1. The van der Waals surface area contributed by atoms with Gasteiger partial charge in [-0.25, -0.2) is 9.78 Å². The molecule has 3 heterocycles. The van der Waals surface area contributed by atoms with Crippen molar-refractivity contribution in [1.82, 2.24) is 19.5 Å². The predicted octanol–water partition coefficient (Wildman–Crippen LogP) is 2.03. The molecule has 1 aliphatic rings. The zero-order valence-corrected chi connectivity index (χ0v) is 23.4. The van der Waals surface area contributed by atoms with Gasteiger partial charge in [0.05, 0.1) is 5.56 Å². The van der Waals surface area contributed by atoms with Gasteiger partial charge in [0.1, 0.15) is 18.0 Å². The topological polar surface area (TPSA) is 181 Å². The molecular weight excluding hydrogens is 538 g/mol. The van der Waals surface area contributed by atoms with Crippen LogP contribution in [0.15, 0.2) is 35.1 Å².